The molecule has 0 bridgehead atoms. The molecule has 2 N–H and O–H groups in total. The number of carbonyl (C=O) groups is 2. The molecular weight excluding hydrogens is 274 g/mol. The molecule has 1 atom stereocenters. The van der Waals surface area contributed by atoms with Crippen molar-refractivity contribution in [2.45, 2.75) is 25.8 Å². The summed E-state index contributed by atoms with van der Waals surface area (Å²) < 4.78 is 26.5. The molecule has 8 nitrogen and oxygen atoms in total. The van der Waals surface area contributed by atoms with Crippen molar-refractivity contribution in [3.63, 3.8) is 0 Å². The zero-order valence-electron chi connectivity index (χ0n) is 11.0. The summed E-state index contributed by atoms with van der Waals surface area (Å²) in [6.45, 7) is 1.86. The Morgan fingerprint density at radius 2 is 2.11 bits per heavy atom. The van der Waals surface area contributed by atoms with Crippen LogP contribution in [-0.2, 0) is 19.8 Å². The van der Waals surface area contributed by atoms with Crippen LogP contribution in [0.5, 0.6) is 0 Å². The predicted molar refractivity (Wildman–Crippen MR) is 67.6 cm³/mol. The second-order valence-electron chi connectivity index (χ2n) is 4.52. The molecular formula is C10H19N3O5S. The van der Waals surface area contributed by atoms with Crippen LogP contribution in [0.1, 0.15) is 19.8 Å². The van der Waals surface area contributed by atoms with Gasteiger partial charge in [-0.05, 0) is 6.42 Å². The molecule has 1 rings (SSSR count). The Morgan fingerprint density at radius 3 is 2.63 bits per heavy atom. The fourth-order valence-electron chi connectivity index (χ4n) is 1.91. The first-order chi connectivity index (χ1) is 8.73. The first kappa shape index (κ1) is 15.9. The van der Waals surface area contributed by atoms with Gasteiger partial charge in [-0.1, -0.05) is 0 Å². The maximum absolute atomic E-state index is 12.1. The molecule has 1 fully saturated rings. The minimum atomic E-state index is -3.65. The van der Waals surface area contributed by atoms with Crippen LogP contribution < -0.4 is 5.32 Å². The average Bonchev–Trinajstić information content (AvgIpc) is 2.73. The van der Waals surface area contributed by atoms with Gasteiger partial charge in [-0.15, -0.1) is 0 Å². The Balaban J connectivity index is 2.59. The molecule has 0 aromatic heterocycles. The Morgan fingerprint density at radius 1 is 1.47 bits per heavy atom. The zero-order chi connectivity index (χ0) is 14.6. The largest absolute Gasteiger partial charge is 0.481 e. The molecule has 0 aromatic carbocycles. The number of carbonyl (C=O) groups excluding carboxylic acids is 1. The zero-order valence-corrected chi connectivity index (χ0v) is 11.8. The second-order valence-corrected chi connectivity index (χ2v) is 6.55. The Labute approximate surface area is 112 Å². The van der Waals surface area contributed by atoms with Crippen molar-refractivity contribution in [1.82, 2.24) is 13.9 Å². The minimum Gasteiger partial charge on any atom is -0.481 e. The van der Waals surface area contributed by atoms with E-state index in [1.54, 1.807) is 0 Å². The summed E-state index contributed by atoms with van der Waals surface area (Å²) in [5, 5.41) is 11.2. The highest BCUT2D eigenvalue weighted by molar-refractivity contribution is 7.86. The lowest BCUT2D eigenvalue weighted by Gasteiger charge is -2.23. The first-order valence-electron chi connectivity index (χ1n) is 5.93. The van der Waals surface area contributed by atoms with Gasteiger partial charge in [-0.25, -0.2) is 0 Å². The Hall–Kier alpha value is -1.19. The van der Waals surface area contributed by atoms with Gasteiger partial charge in [0.25, 0.3) is 10.2 Å². The van der Waals surface area contributed by atoms with Crippen molar-refractivity contribution in [3.8, 4) is 0 Å². The predicted octanol–water partition coefficient (Wildman–Crippen LogP) is -1.15. The van der Waals surface area contributed by atoms with Gasteiger partial charge in [0.05, 0.1) is 6.42 Å². The van der Waals surface area contributed by atoms with E-state index < -0.39 is 16.2 Å². The first-order valence-corrected chi connectivity index (χ1v) is 7.33. The third-order valence-electron chi connectivity index (χ3n) is 2.92. The quantitative estimate of drug-likeness (QED) is 0.643. The van der Waals surface area contributed by atoms with Crippen LogP contribution >= 0.6 is 0 Å². The Kier molecular flexibility index (Phi) is 5.27. The number of hydrogen-bond acceptors (Lipinski definition) is 4. The summed E-state index contributed by atoms with van der Waals surface area (Å²) >= 11 is 0. The van der Waals surface area contributed by atoms with Gasteiger partial charge in [-0.2, -0.15) is 17.0 Å². The summed E-state index contributed by atoms with van der Waals surface area (Å²) in [5.74, 6) is -1.23. The highest BCUT2D eigenvalue weighted by Crippen LogP contribution is 2.16. The summed E-state index contributed by atoms with van der Waals surface area (Å²) in [6.07, 6.45) is 0.324. The monoisotopic (exact) mass is 293 g/mol. The lowest BCUT2D eigenvalue weighted by atomic mass is 10.3. The highest BCUT2D eigenvalue weighted by atomic mass is 32.2. The lowest BCUT2D eigenvalue weighted by Crippen LogP contribution is -2.43. The molecule has 0 aliphatic carbocycles. The van der Waals surface area contributed by atoms with Gasteiger partial charge < -0.3 is 10.4 Å². The fraction of sp³-hybridized carbons (Fsp3) is 0.800. The Bertz CT molecular complexity index is 450. The maximum Gasteiger partial charge on any atom is 0.304 e. The molecule has 1 aliphatic heterocycles. The average molecular weight is 293 g/mol. The van der Waals surface area contributed by atoms with Crippen molar-refractivity contribution < 1.29 is 23.1 Å². The molecule has 0 saturated carbocycles. The number of carboxylic acids is 1. The number of hydrogen-bond donors (Lipinski definition) is 2. The molecule has 9 heteroatoms. The second kappa shape index (κ2) is 6.31. The van der Waals surface area contributed by atoms with E-state index >= 15 is 0 Å². The fourth-order valence-corrected chi connectivity index (χ4v) is 3.33. The summed E-state index contributed by atoms with van der Waals surface area (Å²) in [4.78, 5) is 21.4. The number of aliphatic carboxylic acids is 1. The van der Waals surface area contributed by atoms with Gasteiger partial charge in [0.15, 0.2) is 0 Å². The van der Waals surface area contributed by atoms with Crippen LogP contribution in [-0.4, -0.2) is 66.7 Å². The van der Waals surface area contributed by atoms with E-state index in [0.29, 0.717) is 13.0 Å². The van der Waals surface area contributed by atoms with Crippen LogP contribution in [0, 0.1) is 0 Å². The van der Waals surface area contributed by atoms with Crippen LogP contribution in [0.15, 0.2) is 0 Å². The molecule has 0 aromatic rings. The molecule has 0 radical (unpaired) electrons. The van der Waals surface area contributed by atoms with Gasteiger partial charge in [-0.3, -0.25) is 9.59 Å². The van der Waals surface area contributed by atoms with E-state index in [4.69, 9.17) is 5.11 Å². The van der Waals surface area contributed by atoms with Crippen LogP contribution in [0.2, 0.25) is 0 Å². The summed E-state index contributed by atoms with van der Waals surface area (Å²) in [6, 6.07) is -0.180. The van der Waals surface area contributed by atoms with E-state index in [1.165, 1.54) is 18.3 Å². The van der Waals surface area contributed by atoms with E-state index in [-0.39, 0.29) is 31.5 Å². The normalized spacial score (nSPS) is 20.7. The van der Waals surface area contributed by atoms with Crippen molar-refractivity contribution in [3.05, 3.63) is 0 Å². The maximum atomic E-state index is 12.1. The van der Waals surface area contributed by atoms with Crippen molar-refractivity contribution in [2.75, 3.05) is 26.7 Å². The number of amides is 1. The van der Waals surface area contributed by atoms with Gasteiger partial charge in [0.1, 0.15) is 0 Å². The molecule has 19 heavy (non-hydrogen) atoms. The minimum absolute atomic E-state index is 0.0705. The van der Waals surface area contributed by atoms with Gasteiger partial charge >= 0.3 is 5.97 Å². The third kappa shape index (κ3) is 4.44. The lowest BCUT2D eigenvalue weighted by molar-refractivity contribution is -0.137. The number of carboxylic acid groups (broad SMARTS) is 1. The molecule has 0 spiro atoms. The van der Waals surface area contributed by atoms with E-state index in [0.717, 1.165) is 4.31 Å². The third-order valence-corrected chi connectivity index (χ3v) is 4.87. The van der Waals surface area contributed by atoms with E-state index in [1.807, 2.05) is 0 Å². The van der Waals surface area contributed by atoms with E-state index in [9.17, 15) is 18.0 Å². The van der Waals surface area contributed by atoms with Crippen LogP contribution in [0.4, 0.5) is 0 Å². The SMILES string of the molecule is CC(=O)NC1CCN(S(=O)(=O)N(C)CCC(=O)O)C1. The van der Waals surface area contributed by atoms with Crippen molar-refractivity contribution in [1.29, 1.82) is 0 Å². The van der Waals surface area contributed by atoms with Gasteiger partial charge in [0.2, 0.25) is 5.91 Å². The number of nitrogens with one attached hydrogen (secondary N) is 1. The standard InChI is InChI=1S/C10H19N3O5S/c1-8(14)11-9-3-6-13(7-9)19(17,18)12(2)5-4-10(15)16/h9H,3-7H2,1-2H3,(H,11,14)(H,15,16). The summed E-state index contributed by atoms with van der Waals surface area (Å²) in [5.41, 5.74) is 0. The van der Waals surface area contributed by atoms with Crippen LogP contribution in [0.3, 0.4) is 0 Å². The summed E-state index contributed by atoms with van der Waals surface area (Å²) in [7, 11) is -2.30. The molecule has 110 valence electrons. The molecule has 1 saturated heterocycles. The topological polar surface area (TPSA) is 107 Å². The molecule has 1 amide bonds. The van der Waals surface area contributed by atoms with Crippen molar-refractivity contribution in [2.24, 2.45) is 0 Å². The number of nitrogens with zero attached hydrogens (tertiary/aromatic N) is 2. The molecule has 1 aliphatic rings. The molecule has 1 heterocycles. The van der Waals surface area contributed by atoms with Crippen molar-refractivity contribution >= 4 is 22.1 Å². The van der Waals surface area contributed by atoms with E-state index in [2.05, 4.69) is 5.32 Å². The highest BCUT2D eigenvalue weighted by Gasteiger charge is 2.34. The van der Waals surface area contributed by atoms with Crippen LogP contribution in [0.25, 0.3) is 0 Å². The van der Waals surface area contributed by atoms with Gasteiger partial charge in [0, 0.05) is 39.6 Å². The number of rotatable bonds is 6. The molecule has 1 unspecified atom stereocenters. The smallest absolute Gasteiger partial charge is 0.304 e.